The Hall–Kier alpha value is -1.03. The van der Waals surface area contributed by atoms with Crippen LogP contribution in [-0.2, 0) is 0 Å². The van der Waals surface area contributed by atoms with Crippen molar-refractivity contribution in [2.75, 3.05) is 13.7 Å². The van der Waals surface area contributed by atoms with Gasteiger partial charge in [-0.15, -0.1) is 0 Å². The van der Waals surface area contributed by atoms with E-state index >= 15 is 0 Å². The molecule has 4 heteroatoms. The van der Waals surface area contributed by atoms with Crippen molar-refractivity contribution in [1.29, 1.82) is 0 Å². The van der Waals surface area contributed by atoms with Crippen molar-refractivity contribution in [3.63, 3.8) is 0 Å². The Kier molecular flexibility index (Phi) is 3.52. The molecule has 0 aliphatic heterocycles. The molecule has 19 heavy (non-hydrogen) atoms. The van der Waals surface area contributed by atoms with Crippen LogP contribution in [0.15, 0.2) is 22.7 Å². The lowest BCUT2D eigenvalue weighted by Crippen LogP contribution is -2.35. The molecule has 1 aromatic rings. The van der Waals surface area contributed by atoms with Gasteiger partial charge in [0.2, 0.25) is 0 Å². The van der Waals surface area contributed by atoms with Crippen molar-refractivity contribution in [1.82, 2.24) is 4.90 Å². The molecular weight excluding hydrogens is 306 g/mol. The van der Waals surface area contributed by atoms with Crippen molar-refractivity contribution >= 4 is 21.8 Å². The molecule has 1 aromatic carbocycles. The zero-order chi connectivity index (χ0) is 13.4. The van der Waals surface area contributed by atoms with Crippen LogP contribution in [0.25, 0.3) is 0 Å². The second-order valence-corrected chi connectivity index (χ2v) is 6.39. The van der Waals surface area contributed by atoms with Crippen LogP contribution < -0.4 is 4.74 Å². The highest BCUT2D eigenvalue weighted by Crippen LogP contribution is 2.36. The molecule has 0 saturated heterocycles. The first-order chi connectivity index (χ1) is 9.19. The zero-order valence-corrected chi connectivity index (χ0v) is 12.6. The molecule has 2 aliphatic rings. The van der Waals surface area contributed by atoms with Gasteiger partial charge >= 0.3 is 0 Å². The molecule has 1 amide bonds. The highest BCUT2D eigenvalue weighted by molar-refractivity contribution is 9.10. The van der Waals surface area contributed by atoms with E-state index in [2.05, 4.69) is 20.8 Å². The standard InChI is InChI=1S/C15H18BrNO2/c1-19-14-8-11(16)4-7-13(14)15(18)17(12-5-6-12)9-10-2-3-10/h4,7-8,10,12H,2-3,5-6,9H2,1H3. The van der Waals surface area contributed by atoms with Gasteiger partial charge in [-0.1, -0.05) is 15.9 Å². The molecule has 2 saturated carbocycles. The lowest BCUT2D eigenvalue weighted by Gasteiger charge is -2.23. The molecule has 2 fully saturated rings. The molecular formula is C15H18BrNO2. The van der Waals surface area contributed by atoms with Crippen molar-refractivity contribution < 1.29 is 9.53 Å². The maximum atomic E-state index is 12.7. The quantitative estimate of drug-likeness (QED) is 0.830. The number of benzene rings is 1. The molecule has 0 heterocycles. The Labute approximate surface area is 122 Å². The molecule has 0 aromatic heterocycles. The topological polar surface area (TPSA) is 29.5 Å². The molecule has 0 atom stereocenters. The average Bonchev–Trinajstić information content (AvgIpc) is 3.27. The smallest absolute Gasteiger partial charge is 0.257 e. The van der Waals surface area contributed by atoms with Crippen molar-refractivity contribution in [3.05, 3.63) is 28.2 Å². The summed E-state index contributed by atoms with van der Waals surface area (Å²) in [7, 11) is 1.61. The second kappa shape index (κ2) is 5.16. The van der Waals surface area contributed by atoms with E-state index in [9.17, 15) is 4.79 Å². The molecule has 3 rings (SSSR count). The number of halogens is 1. The Bertz CT molecular complexity index is 495. The summed E-state index contributed by atoms with van der Waals surface area (Å²) in [5.74, 6) is 1.51. The Morgan fingerprint density at radius 3 is 2.68 bits per heavy atom. The summed E-state index contributed by atoms with van der Waals surface area (Å²) >= 11 is 3.41. The molecule has 3 nitrogen and oxygen atoms in total. The van der Waals surface area contributed by atoms with E-state index in [1.807, 2.05) is 18.2 Å². The van der Waals surface area contributed by atoms with E-state index in [0.29, 0.717) is 17.4 Å². The Balaban J connectivity index is 1.84. The van der Waals surface area contributed by atoms with Gasteiger partial charge in [-0.3, -0.25) is 4.79 Å². The average molecular weight is 324 g/mol. The summed E-state index contributed by atoms with van der Waals surface area (Å²) in [6.07, 6.45) is 4.84. The molecule has 2 aliphatic carbocycles. The lowest BCUT2D eigenvalue weighted by atomic mass is 10.1. The Morgan fingerprint density at radius 2 is 2.11 bits per heavy atom. The van der Waals surface area contributed by atoms with Gasteiger partial charge in [0.25, 0.3) is 5.91 Å². The summed E-state index contributed by atoms with van der Waals surface area (Å²) in [5, 5.41) is 0. The van der Waals surface area contributed by atoms with Crippen molar-refractivity contribution in [2.45, 2.75) is 31.7 Å². The third-order valence-electron chi connectivity index (χ3n) is 3.79. The molecule has 102 valence electrons. The molecule has 0 bridgehead atoms. The molecule has 0 N–H and O–H groups in total. The van der Waals surface area contributed by atoms with Crippen molar-refractivity contribution in [3.8, 4) is 5.75 Å². The Morgan fingerprint density at radius 1 is 1.37 bits per heavy atom. The predicted octanol–water partition coefficient (Wildman–Crippen LogP) is 3.47. The van der Waals surface area contributed by atoms with Gasteiger partial charge < -0.3 is 9.64 Å². The fraction of sp³-hybridized carbons (Fsp3) is 0.533. The third-order valence-corrected chi connectivity index (χ3v) is 4.29. The minimum Gasteiger partial charge on any atom is -0.496 e. The lowest BCUT2D eigenvalue weighted by molar-refractivity contribution is 0.0731. The van der Waals surface area contributed by atoms with E-state index in [1.165, 1.54) is 12.8 Å². The minimum atomic E-state index is 0.124. The number of methoxy groups -OCH3 is 1. The van der Waals surface area contributed by atoms with Crippen LogP contribution in [0, 0.1) is 5.92 Å². The first-order valence-electron chi connectivity index (χ1n) is 6.83. The van der Waals surface area contributed by atoms with Crippen LogP contribution in [-0.4, -0.2) is 30.5 Å². The van der Waals surface area contributed by atoms with Crippen LogP contribution in [0.5, 0.6) is 5.75 Å². The number of rotatable bonds is 5. The zero-order valence-electron chi connectivity index (χ0n) is 11.1. The number of carbonyl (C=O) groups excluding carboxylic acids is 1. The van der Waals surface area contributed by atoms with Gasteiger partial charge in [0.05, 0.1) is 12.7 Å². The molecule has 0 radical (unpaired) electrons. The van der Waals surface area contributed by atoms with E-state index in [4.69, 9.17) is 4.74 Å². The maximum absolute atomic E-state index is 12.7. The SMILES string of the molecule is COc1cc(Br)ccc1C(=O)N(CC1CC1)C1CC1. The van der Waals surface area contributed by atoms with Crippen LogP contribution in [0.3, 0.4) is 0 Å². The van der Waals surface area contributed by atoms with Crippen LogP contribution >= 0.6 is 15.9 Å². The van der Waals surface area contributed by atoms with Crippen LogP contribution in [0.4, 0.5) is 0 Å². The van der Waals surface area contributed by atoms with E-state index in [-0.39, 0.29) is 5.91 Å². The monoisotopic (exact) mass is 323 g/mol. The summed E-state index contributed by atoms with van der Waals surface area (Å²) in [5.41, 5.74) is 0.679. The van der Waals surface area contributed by atoms with E-state index in [1.54, 1.807) is 7.11 Å². The van der Waals surface area contributed by atoms with E-state index in [0.717, 1.165) is 29.8 Å². The fourth-order valence-corrected chi connectivity index (χ4v) is 2.70. The number of hydrogen-bond acceptors (Lipinski definition) is 2. The normalized spacial score (nSPS) is 18.2. The minimum absolute atomic E-state index is 0.124. The summed E-state index contributed by atoms with van der Waals surface area (Å²) in [6.45, 7) is 0.919. The second-order valence-electron chi connectivity index (χ2n) is 5.48. The predicted molar refractivity (Wildman–Crippen MR) is 77.5 cm³/mol. The van der Waals surface area contributed by atoms with Gasteiger partial charge in [0.1, 0.15) is 5.75 Å². The highest BCUT2D eigenvalue weighted by Gasteiger charge is 2.37. The van der Waals surface area contributed by atoms with Gasteiger partial charge in [-0.05, 0) is 49.8 Å². The number of ether oxygens (including phenoxy) is 1. The molecule has 0 spiro atoms. The van der Waals surface area contributed by atoms with Gasteiger partial charge in [0.15, 0.2) is 0 Å². The number of nitrogens with zero attached hydrogens (tertiary/aromatic N) is 1. The number of carbonyl (C=O) groups is 1. The summed E-state index contributed by atoms with van der Waals surface area (Å²) in [6, 6.07) is 6.07. The van der Waals surface area contributed by atoms with Crippen LogP contribution in [0.1, 0.15) is 36.0 Å². The van der Waals surface area contributed by atoms with Crippen molar-refractivity contribution in [2.24, 2.45) is 5.92 Å². The van der Waals surface area contributed by atoms with Gasteiger partial charge in [-0.25, -0.2) is 0 Å². The van der Waals surface area contributed by atoms with Gasteiger partial charge in [0, 0.05) is 17.1 Å². The largest absolute Gasteiger partial charge is 0.496 e. The fourth-order valence-electron chi connectivity index (χ4n) is 2.36. The molecule has 0 unspecified atom stereocenters. The highest BCUT2D eigenvalue weighted by atomic mass is 79.9. The first kappa shape index (κ1) is 13.0. The summed E-state index contributed by atoms with van der Waals surface area (Å²) < 4.78 is 6.27. The number of hydrogen-bond donors (Lipinski definition) is 0. The van der Waals surface area contributed by atoms with Crippen LogP contribution in [0.2, 0.25) is 0 Å². The first-order valence-corrected chi connectivity index (χ1v) is 7.63. The van der Waals surface area contributed by atoms with Gasteiger partial charge in [-0.2, -0.15) is 0 Å². The maximum Gasteiger partial charge on any atom is 0.257 e. The number of amides is 1. The third kappa shape index (κ3) is 2.94. The summed E-state index contributed by atoms with van der Waals surface area (Å²) in [4.78, 5) is 14.8. The van der Waals surface area contributed by atoms with E-state index < -0.39 is 0 Å².